The minimum atomic E-state index is 0.339. The van der Waals surface area contributed by atoms with Gasteiger partial charge in [0.15, 0.2) is 0 Å². The van der Waals surface area contributed by atoms with Crippen molar-refractivity contribution >= 4 is 11.8 Å². The Morgan fingerprint density at radius 2 is 2.70 bits per heavy atom. The Morgan fingerprint density at radius 3 is 3.20 bits per heavy atom. The molecule has 1 rings (SSSR count). The van der Waals surface area contributed by atoms with Crippen molar-refractivity contribution in [2.75, 3.05) is 12.3 Å². The fourth-order valence-corrected chi connectivity index (χ4v) is 2.01. The molecule has 56 valence electrons. The van der Waals surface area contributed by atoms with E-state index in [2.05, 4.69) is 22.3 Å². The van der Waals surface area contributed by atoms with Crippen LogP contribution in [0.15, 0.2) is 5.11 Å². The van der Waals surface area contributed by atoms with E-state index in [1.807, 2.05) is 11.8 Å². The highest BCUT2D eigenvalue weighted by Gasteiger charge is 2.19. The molecule has 2 atom stereocenters. The van der Waals surface area contributed by atoms with Gasteiger partial charge in [-0.2, -0.15) is 0 Å². The first kappa shape index (κ1) is 7.72. The third-order valence-electron chi connectivity index (χ3n) is 1.33. The molecule has 0 aromatic rings. The molecule has 0 bridgehead atoms. The van der Waals surface area contributed by atoms with Gasteiger partial charge in [0, 0.05) is 16.7 Å². The summed E-state index contributed by atoms with van der Waals surface area (Å²) in [6.07, 6.45) is 0. The fourth-order valence-electron chi connectivity index (χ4n) is 0.890. The predicted octanol–water partition coefficient (Wildman–Crippen LogP) is 1.35. The van der Waals surface area contributed by atoms with Crippen LogP contribution in [-0.4, -0.2) is 23.7 Å². The van der Waals surface area contributed by atoms with Gasteiger partial charge in [0.1, 0.15) is 0 Å². The van der Waals surface area contributed by atoms with Crippen molar-refractivity contribution in [3.8, 4) is 0 Å². The molecule has 5 heteroatoms. The summed E-state index contributed by atoms with van der Waals surface area (Å²) in [5, 5.41) is 7.11. The molecule has 1 saturated heterocycles. The third-order valence-corrected chi connectivity index (χ3v) is 2.71. The normalized spacial score (nSPS) is 31.7. The standard InChI is InChI=1S/C5H10N4S/c1-4-3-10-5(8-4)2-7-9-6/h4-5,8H,2-3H2,1H3. The molecule has 10 heavy (non-hydrogen) atoms. The summed E-state index contributed by atoms with van der Waals surface area (Å²) in [6, 6.07) is 0.559. The summed E-state index contributed by atoms with van der Waals surface area (Å²) in [7, 11) is 0. The van der Waals surface area contributed by atoms with Crippen LogP contribution in [0.1, 0.15) is 6.92 Å². The Balaban J connectivity index is 2.24. The third kappa shape index (κ3) is 2.10. The van der Waals surface area contributed by atoms with Crippen LogP contribution in [0.2, 0.25) is 0 Å². The molecule has 0 saturated carbocycles. The van der Waals surface area contributed by atoms with E-state index in [0.29, 0.717) is 18.0 Å². The molecule has 0 amide bonds. The van der Waals surface area contributed by atoms with Crippen molar-refractivity contribution < 1.29 is 0 Å². The molecular weight excluding hydrogens is 148 g/mol. The van der Waals surface area contributed by atoms with Crippen molar-refractivity contribution in [2.24, 2.45) is 5.11 Å². The highest BCUT2D eigenvalue weighted by Crippen LogP contribution is 2.18. The van der Waals surface area contributed by atoms with Gasteiger partial charge >= 0.3 is 0 Å². The van der Waals surface area contributed by atoms with E-state index in [4.69, 9.17) is 5.53 Å². The number of hydrogen-bond donors (Lipinski definition) is 1. The minimum Gasteiger partial charge on any atom is -0.302 e. The lowest BCUT2D eigenvalue weighted by atomic mass is 10.4. The SMILES string of the molecule is CC1CSC(CN=[N+]=[N-])N1. The number of thioether (sulfide) groups is 1. The Morgan fingerprint density at radius 1 is 1.90 bits per heavy atom. The van der Waals surface area contributed by atoms with E-state index >= 15 is 0 Å². The van der Waals surface area contributed by atoms with Crippen molar-refractivity contribution in [2.45, 2.75) is 18.3 Å². The van der Waals surface area contributed by atoms with E-state index in [-0.39, 0.29) is 0 Å². The molecule has 1 aliphatic rings. The van der Waals surface area contributed by atoms with Crippen LogP contribution in [0, 0.1) is 0 Å². The van der Waals surface area contributed by atoms with Crippen molar-refractivity contribution in [1.29, 1.82) is 0 Å². The fraction of sp³-hybridized carbons (Fsp3) is 1.00. The van der Waals surface area contributed by atoms with Gasteiger partial charge in [0.05, 0.1) is 11.9 Å². The second-order valence-electron chi connectivity index (χ2n) is 2.30. The number of nitrogens with one attached hydrogen (secondary N) is 1. The van der Waals surface area contributed by atoms with Crippen LogP contribution in [0.5, 0.6) is 0 Å². The van der Waals surface area contributed by atoms with Gasteiger partial charge in [-0.1, -0.05) is 5.11 Å². The molecule has 1 aliphatic heterocycles. The second kappa shape index (κ2) is 3.71. The lowest BCUT2D eigenvalue weighted by Gasteiger charge is -2.04. The number of hydrogen-bond acceptors (Lipinski definition) is 3. The molecule has 0 aromatic heterocycles. The predicted molar refractivity (Wildman–Crippen MR) is 42.9 cm³/mol. The Labute approximate surface area is 64.0 Å². The van der Waals surface area contributed by atoms with Gasteiger partial charge in [0.25, 0.3) is 0 Å². The zero-order chi connectivity index (χ0) is 7.40. The minimum absolute atomic E-state index is 0.339. The van der Waals surface area contributed by atoms with Gasteiger partial charge in [0.2, 0.25) is 0 Å². The smallest absolute Gasteiger partial charge is 0.0591 e. The molecular formula is C5H10N4S. The summed E-state index contributed by atoms with van der Waals surface area (Å²) < 4.78 is 0. The summed E-state index contributed by atoms with van der Waals surface area (Å²) in [6.45, 7) is 2.69. The molecule has 2 unspecified atom stereocenters. The first-order chi connectivity index (χ1) is 4.83. The average Bonchev–Trinajstić information content (AvgIpc) is 2.31. The van der Waals surface area contributed by atoms with E-state index in [1.54, 1.807) is 0 Å². The molecule has 0 aromatic carbocycles. The second-order valence-corrected chi connectivity index (χ2v) is 3.54. The average molecular weight is 158 g/mol. The maximum atomic E-state index is 8.01. The molecule has 4 nitrogen and oxygen atoms in total. The summed E-state index contributed by atoms with van der Waals surface area (Å²) in [5.41, 5.74) is 8.01. The number of nitrogens with zero attached hydrogens (tertiary/aromatic N) is 3. The molecule has 0 radical (unpaired) electrons. The van der Waals surface area contributed by atoms with Crippen LogP contribution < -0.4 is 5.32 Å². The lowest BCUT2D eigenvalue weighted by Crippen LogP contribution is -2.28. The monoisotopic (exact) mass is 158 g/mol. The zero-order valence-corrected chi connectivity index (χ0v) is 6.64. The first-order valence-electron chi connectivity index (χ1n) is 3.21. The quantitative estimate of drug-likeness (QED) is 0.374. The summed E-state index contributed by atoms with van der Waals surface area (Å²) >= 11 is 1.81. The summed E-state index contributed by atoms with van der Waals surface area (Å²) in [4.78, 5) is 2.70. The molecule has 0 spiro atoms. The van der Waals surface area contributed by atoms with Gasteiger partial charge in [-0.3, -0.25) is 0 Å². The highest BCUT2D eigenvalue weighted by molar-refractivity contribution is 8.00. The van der Waals surface area contributed by atoms with Gasteiger partial charge in [-0.15, -0.1) is 11.8 Å². The Bertz CT molecular complexity index is 154. The van der Waals surface area contributed by atoms with Crippen molar-refractivity contribution in [3.63, 3.8) is 0 Å². The van der Waals surface area contributed by atoms with Gasteiger partial charge in [-0.25, -0.2) is 0 Å². The largest absolute Gasteiger partial charge is 0.302 e. The van der Waals surface area contributed by atoms with Crippen LogP contribution in [0.4, 0.5) is 0 Å². The first-order valence-corrected chi connectivity index (χ1v) is 4.26. The van der Waals surface area contributed by atoms with Gasteiger partial charge < -0.3 is 5.32 Å². The van der Waals surface area contributed by atoms with Crippen LogP contribution in [0.25, 0.3) is 10.4 Å². The van der Waals surface area contributed by atoms with Crippen LogP contribution in [-0.2, 0) is 0 Å². The van der Waals surface area contributed by atoms with E-state index in [9.17, 15) is 0 Å². The Hall–Kier alpha value is -0.380. The topological polar surface area (TPSA) is 60.8 Å². The lowest BCUT2D eigenvalue weighted by molar-refractivity contribution is 0.604. The Kier molecular flexibility index (Phi) is 2.86. The summed E-state index contributed by atoms with van der Waals surface area (Å²) in [5.74, 6) is 1.12. The van der Waals surface area contributed by atoms with Crippen molar-refractivity contribution in [1.82, 2.24) is 5.32 Å². The maximum Gasteiger partial charge on any atom is 0.0591 e. The van der Waals surface area contributed by atoms with E-state index in [1.165, 1.54) is 0 Å². The van der Waals surface area contributed by atoms with Crippen molar-refractivity contribution in [3.05, 3.63) is 10.4 Å². The van der Waals surface area contributed by atoms with Crippen LogP contribution in [0.3, 0.4) is 0 Å². The van der Waals surface area contributed by atoms with E-state index < -0.39 is 0 Å². The highest BCUT2D eigenvalue weighted by atomic mass is 32.2. The molecule has 1 N–H and O–H groups in total. The molecule has 1 fully saturated rings. The number of rotatable bonds is 2. The van der Waals surface area contributed by atoms with Gasteiger partial charge in [-0.05, 0) is 12.5 Å². The van der Waals surface area contributed by atoms with E-state index in [0.717, 1.165) is 5.75 Å². The van der Waals surface area contributed by atoms with Crippen LogP contribution >= 0.6 is 11.8 Å². The number of azide groups is 1. The molecule has 0 aliphatic carbocycles. The zero-order valence-electron chi connectivity index (χ0n) is 5.82. The maximum absolute atomic E-state index is 8.01. The molecule has 1 heterocycles.